The fourth-order valence-electron chi connectivity index (χ4n) is 3.42. The first-order valence-corrected chi connectivity index (χ1v) is 11.3. The summed E-state index contributed by atoms with van der Waals surface area (Å²) in [6.07, 6.45) is 1.13. The van der Waals surface area contributed by atoms with E-state index in [4.69, 9.17) is 9.47 Å². The first kappa shape index (κ1) is 19.1. The highest BCUT2D eigenvalue weighted by atomic mass is 32.2. The Hall–Kier alpha value is -2.23. The number of aromatic nitrogens is 2. The number of hydrogen-bond acceptors (Lipinski definition) is 8. The molecule has 1 aromatic heterocycles. The van der Waals surface area contributed by atoms with Gasteiger partial charge in [-0.2, -0.15) is 0 Å². The smallest absolute Gasteiger partial charge is 0.161 e. The topological polar surface area (TPSA) is 102 Å². The fourth-order valence-corrected chi connectivity index (χ4v) is 4.11. The van der Waals surface area contributed by atoms with Crippen LogP contribution in [0.2, 0.25) is 0 Å². The normalized spacial score (nSPS) is 19.8. The molecule has 9 heteroatoms. The standard InChI is InChI=1S/C19H23N3O5S/c1-28(24,25)12-14-11-18(22-5-8-26-9-6-22)21-19(20-14)13-2-3-17-15(10-13)16(23)4-7-27-17/h2-3,10-11,16,23H,4-9,12H2,1H3. The number of ether oxygens (including phenoxy) is 2. The summed E-state index contributed by atoms with van der Waals surface area (Å²) in [7, 11) is -3.24. The summed E-state index contributed by atoms with van der Waals surface area (Å²) in [5.41, 5.74) is 1.87. The van der Waals surface area contributed by atoms with Crippen molar-refractivity contribution in [3.63, 3.8) is 0 Å². The van der Waals surface area contributed by atoms with Gasteiger partial charge in [-0.3, -0.25) is 0 Å². The highest BCUT2D eigenvalue weighted by Crippen LogP contribution is 2.35. The van der Waals surface area contributed by atoms with E-state index in [-0.39, 0.29) is 5.75 Å². The number of aliphatic hydroxyl groups is 1. The van der Waals surface area contributed by atoms with Crippen LogP contribution in [0.15, 0.2) is 24.3 Å². The van der Waals surface area contributed by atoms with Gasteiger partial charge in [0.15, 0.2) is 15.7 Å². The summed E-state index contributed by atoms with van der Waals surface area (Å²) in [6, 6.07) is 7.18. The number of nitrogens with zero attached hydrogens (tertiary/aromatic N) is 3. The molecule has 1 saturated heterocycles. The predicted octanol–water partition coefficient (Wildman–Crippen LogP) is 1.34. The van der Waals surface area contributed by atoms with Crippen LogP contribution in [0.1, 0.15) is 23.8 Å². The Balaban J connectivity index is 1.77. The quantitative estimate of drug-likeness (QED) is 0.813. The first-order chi connectivity index (χ1) is 13.4. The van der Waals surface area contributed by atoms with E-state index in [1.165, 1.54) is 6.26 Å². The summed E-state index contributed by atoms with van der Waals surface area (Å²) in [6.45, 7) is 3.05. The summed E-state index contributed by atoms with van der Waals surface area (Å²) in [5.74, 6) is 1.61. The fraction of sp³-hybridized carbons (Fsp3) is 0.474. The summed E-state index contributed by atoms with van der Waals surface area (Å²) in [5, 5.41) is 10.3. The van der Waals surface area contributed by atoms with Gasteiger partial charge in [0, 0.05) is 43.0 Å². The lowest BCUT2D eigenvalue weighted by Gasteiger charge is -2.28. The third-order valence-corrected chi connectivity index (χ3v) is 5.61. The van der Waals surface area contributed by atoms with Crippen LogP contribution in [0.3, 0.4) is 0 Å². The Kier molecular flexibility index (Phi) is 5.22. The minimum absolute atomic E-state index is 0.156. The number of benzene rings is 1. The Labute approximate surface area is 164 Å². The molecule has 8 nitrogen and oxygen atoms in total. The van der Waals surface area contributed by atoms with Gasteiger partial charge < -0.3 is 19.5 Å². The molecule has 3 heterocycles. The van der Waals surface area contributed by atoms with Gasteiger partial charge in [-0.25, -0.2) is 18.4 Å². The molecule has 0 saturated carbocycles. The monoisotopic (exact) mass is 405 g/mol. The number of sulfone groups is 1. The van der Waals surface area contributed by atoms with Gasteiger partial charge in [0.25, 0.3) is 0 Å². The molecule has 2 aliphatic rings. The van der Waals surface area contributed by atoms with E-state index in [1.54, 1.807) is 12.1 Å². The van der Waals surface area contributed by atoms with Gasteiger partial charge in [0.05, 0.1) is 37.4 Å². The maximum atomic E-state index is 11.8. The molecule has 1 unspecified atom stereocenters. The molecule has 1 aromatic carbocycles. The minimum atomic E-state index is -3.24. The number of fused-ring (bicyclic) bond motifs is 1. The van der Waals surface area contributed by atoms with Gasteiger partial charge in [0.1, 0.15) is 11.6 Å². The van der Waals surface area contributed by atoms with Crippen molar-refractivity contribution in [3.05, 3.63) is 35.5 Å². The molecule has 0 bridgehead atoms. The first-order valence-electron chi connectivity index (χ1n) is 9.22. The van der Waals surface area contributed by atoms with Crippen LogP contribution in [0, 0.1) is 0 Å². The van der Waals surface area contributed by atoms with Crippen LogP contribution in [0.5, 0.6) is 5.75 Å². The molecule has 28 heavy (non-hydrogen) atoms. The Bertz CT molecular complexity index is 974. The molecule has 150 valence electrons. The number of morpholine rings is 1. The average molecular weight is 405 g/mol. The van der Waals surface area contributed by atoms with Gasteiger partial charge in [-0.15, -0.1) is 0 Å². The zero-order valence-electron chi connectivity index (χ0n) is 15.7. The zero-order chi connectivity index (χ0) is 19.7. The van der Waals surface area contributed by atoms with Crippen molar-refractivity contribution in [2.75, 3.05) is 44.1 Å². The lowest BCUT2D eigenvalue weighted by Crippen LogP contribution is -2.37. The molecule has 0 aliphatic carbocycles. The van der Waals surface area contributed by atoms with Crippen molar-refractivity contribution < 1.29 is 23.0 Å². The SMILES string of the molecule is CS(=O)(=O)Cc1cc(N2CCOCC2)nc(-c2ccc3c(c2)C(O)CCO3)n1. The second-order valence-corrected chi connectivity index (χ2v) is 9.26. The van der Waals surface area contributed by atoms with Crippen LogP contribution in [0.25, 0.3) is 11.4 Å². The van der Waals surface area contributed by atoms with Gasteiger partial charge in [-0.05, 0) is 18.2 Å². The van der Waals surface area contributed by atoms with E-state index in [1.807, 2.05) is 12.1 Å². The van der Waals surface area contributed by atoms with E-state index < -0.39 is 15.9 Å². The van der Waals surface area contributed by atoms with Crippen molar-refractivity contribution in [3.8, 4) is 17.1 Å². The highest BCUT2D eigenvalue weighted by Gasteiger charge is 2.22. The largest absolute Gasteiger partial charge is 0.493 e. The molecule has 0 amide bonds. The second-order valence-electron chi connectivity index (χ2n) is 7.12. The lowest BCUT2D eigenvalue weighted by molar-refractivity contribution is 0.115. The predicted molar refractivity (Wildman–Crippen MR) is 104 cm³/mol. The maximum absolute atomic E-state index is 11.8. The van der Waals surface area contributed by atoms with E-state index in [9.17, 15) is 13.5 Å². The Morgan fingerprint density at radius 2 is 1.96 bits per heavy atom. The zero-order valence-corrected chi connectivity index (χ0v) is 16.5. The van der Waals surface area contributed by atoms with Crippen molar-refractivity contribution in [1.29, 1.82) is 0 Å². The molecule has 1 fully saturated rings. The van der Waals surface area contributed by atoms with Crippen molar-refractivity contribution in [2.45, 2.75) is 18.3 Å². The number of aliphatic hydroxyl groups excluding tert-OH is 1. The maximum Gasteiger partial charge on any atom is 0.161 e. The van der Waals surface area contributed by atoms with E-state index in [0.29, 0.717) is 73.5 Å². The third kappa shape index (κ3) is 4.26. The van der Waals surface area contributed by atoms with Crippen molar-refractivity contribution in [1.82, 2.24) is 9.97 Å². The van der Waals surface area contributed by atoms with Gasteiger partial charge in [-0.1, -0.05) is 0 Å². The van der Waals surface area contributed by atoms with Crippen LogP contribution in [-0.2, 0) is 20.3 Å². The molecule has 1 N–H and O–H groups in total. The van der Waals surface area contributed by atoms with E-state index in [0.717, 1.165) is 0 Å². The van der Waals surface area contributed by atoms with Gasteiger partial charge >= 0.3 is 0 Å². The van der Waals surface area contributed by atoms with Crippen molar-refractivity contribution >= 4 is 15.7 Å². The van der Waals surface area contributed by atoms with Crippen LogP contribution in [0.4, 0.5) is 5.82 Å². The number of rotatable bonds is 4. The average Bonchev–Trinajstić information content (AvgIpc) is 2.67. The summed E-state index contributed by atoms with van der Waals surface area (Å²) in [4.78, 5) is 11.2. The van der Waals surface area contributed by atoms with Crippen molar-refractivity contribution in [2.24, 2.45) is 0 Å². The number of anilines is 1. The van der Waals surface area contributed by atoms with Gasteiger partial charge in [0.2, 0.25) is 0 Å². The highest BCUT2D eigenvalue weighted by molar-refractivity contribution is 7.89. The lowest BCUT2D eigenvalue weighted by atomic mass is 10.0. The third-order valence-electron chi connectivity index (χ3n) is 4.79. The second kappa shape index (κ2) is 7.65. The summed E-state index contributed by atoms with van der Waals surface area (Å²) < 4.78 is 34.6. The number of hydrogen-bond donors (Lipinski definition) is 1. The molecular formula is C19H23N3O5S. The summed E-state index contributed by atoms with van der Waals surface area (Å²) >= 11 is 0. The Morgan fingerprint density at radius 1 is 1.18 bits per heavy atom. The molecule has 4 rings (SSSR count). The van der Waals surface area contributed by atoms with E-state index in [2.05, 4.69) is 14.9 Å². The molecule has 0 spiro atoms. The van der Waals surface area contributed by atoms with E-state index >= 15 is 0 Å². The minimum Gasteiger partial charge on any atom is -0.493 e. The van der Waals surface area contributed by atoms with Crippen LogP contribution >= 0.6 is 0 Å². The molecule has 2 aliphatic heterocycles. The molecule has 1 atom stereocenters. The molecular weight excluding hydrogens is 382 g/mol. The molecule has 0 radical (unpaired) electrons. The van der Waals surface area contributed by atoms with Crippen LogP contribution < -0.4 is 9.64 Å². The van der Waals surface area contributed by atoms with Crippen LogP contribution in [-0.4, -0.2) is 62.7 Å². The Morgan fingerprint density at radius 3 is 2.71 bits per heavy atom. The molecule has 2 aromatic rings.